The Bertz CT molecular complexity index is 736. The molecule has 1 unspecified atom stereocenters. The number of hydrogen-bond donors (Lipinski definition) is 2. The van der Waals surface area contributed by atoms with Gasteiger partial charge < -0.3 is 10.2 Å². The van der Waals surface area contributed by atoms with Crippen LogP contribution in [0.25, 0.3) is 0 Å². The zero-order valence-corrected chi connectivity index (χ0v) is 15.3. The normalized spacial score (nSPS) is 27.4. The van der Waals surface area contributed by atoms with E-state index in [0.29, 0.717) is 12.5 Å². The Morgan fingerprint density at radius 3 is 2.52 bits per heavy atom. The number of benzene rings is 1. The van der Waals surface area contributed by atoms with E-state index in [9.17, 15) is 9.59 Å². The summed E-state index contributed by atoms with van der Waals surface area (Å²) in [5, 5.41) is 6.58. The van der Waals surface area contributed by atoms with E-state index in [4.69, 9.17) is 0 Å². The summed E-state index contributed by atoms with van der Waals surface area (Å²) in [6.45, 7) is 6.77. The number of carbonyl (C=O) groups is 2. The van der Waals surface area contributed by atoms with Crippen LogP contribution in [0.3, 0.4) is 0 Å². The summed E-state index contributed by atoms with van der Waals surface area (Å²) in [6, 6.07) is 6.14. The van der Waals surface area contributed by atoms with Crippen molar-refractivity contribution in [3.05, 3.63) is 29.3 Å². The smallest absolute Gasteiger partial charge is 0.270 e. The van der Waals surface area contributed by atoms with E-state index >= 15 is 0 Å². The Balaban J connectivity index is 1.87. The van der Waals surface area contributed by atoms with Crippen molar-refractivity contribution >= 4 is 17.5 Å². The lowest BCUT2D eigenvalue weighted by Crippen LogP contribution is -2.57. The second kappa shape index (κ2) is 5.56. The topological polar surface area (TPSA) is 61.4 Å². The summed E-state index contributed by atoms with van der Waals surface area (Å²) in [5.41, 5.74) is 1.27. The minimum absolute atomic E-state index is 0.0904. The number of likely N-dealkylation sites (N-methyl/N-ethyl adjacent to an activating group) is 1. The van der Waals surface area contributed by atoms with Gasteiger partial charge >= 0.3 is 0 Å². The predicted octanol–water partition coefficient (Wildman–Crippen LogP) is 3.07. The molecule has 2 fully saturated rings. The zero-order chi connectivity index (χ0) is 17.8. The van der Waals surface area contributed by atoms with Crippen LogP contribution in [-0.4, -0.2) is 28.8 Å². The standard InChI is InChI=1S/C20H27N3O2/c1-4-23-18(25)19(10-6-5-7-11-19)22-20(23)15-12-14(13(2)3)8-9-16(15)21-17(20)24/h8-9,12-13,22H,4-7,10-11H2,1-3H3,(H,21,24). The molecule has 3 aliphatic rings. The molecule has 0 bridgehead atoms. The molecule has 2 aliphatic heterocycles. The Hall–Kier alpha value is -1.88. The molecule has 2 heterocycles. The molecule has 4 rings (SSSR count). The second-order valence-electron chi connectivity index (χ2n) is 7.94. The number of nitrogens with zero attached hydrogens (tertiary/aromatic N) is 1. The van der Waals surface area contributed by atoms with Gasteiger partial charge in [-0.05, 0) is 43.4 Å². The van der Waals surface area contributed by atoms with Gasteiger partial charge in [-0.3, -0.25) is 14.9 Å². The van der Waals surface area contributed by atoms with Crippen molar-refractivity contribution in [2.24, 2.45) is 0 Å². The van der Waals surface area contributed by atoms with Crippen molar-refractivity contribution in [2.75, 3.05) is 11.9 Å². The van der Waals surface area contributed by atoms with Crippen LogP contribution in [-0.2, 0) is 15.3 Å². The molecule has 5 nitrogen and oxygen atoms in total. The van der Waals surface area contributed by atoms with E-state index < -0.39 is 11.2 Å². The van der Waals surface area contributed by atoms with Crippen LogP contribution in [0.5, 0.6) is 0 Å². The van der Waals surface area contributed by atoms with Gasteiger partial charge in [0.15, 0.2) is 0 Å². The molecular formula is C20H27N3O2. The fourth-order valence-corrected chi connectivity index (χ4v) is 4.81. The molecule has 0 aromatic heterocycles. The highest BCUT2D eigenvalue weighted by atomic mass is 16.2. The van der Waals surface area contributed by atoms with E-state index in [2.05, 4.69) is 36.6 Å². The summed E-state index contributed by atoms with van der Waals surface area (Å²) in [7, 11) is 0. The lowest BCUT2D eigenvalue weighted by Gasteiger charge is -2.34. The molecule has 134 valence electrons. The first-order valence-corrected chi connectivity index (χ1v) is 9.52. The molecule has 1 aromatic carbocycles. The van der Waals surface area contributed by atoms with Gasteiger partial charge in [0.05, 0.1) is 0 Å². The lowest BCUT2D eigenvalue weighted by molar-refractivity contribution is -0.140. The number of fused-ring (bicyclic) bond motifs is 2. The maximum atomic E-state index is 13.3. The van der Waals surface area contributed by atoms with E-state index in [1.807, 2.05) is 13.0 Å². The molecule has 1 aromatic rings. The monoisotopic (exact) mass is 341 g/mol. The summed E-state index contributed by atoms with van der Waals surface area (Å²) >= 11 is 0. The molecule has 2 spiro atoms. The SMILES string of the molecule is CCN1C(=O)C2(CCCCC2)NC12C(=O)Nc1ccc(C(C)C)cc12. The summed E-state index contributed by atoms with van der Waals surface area (Å²) in [5.74, 6) is 0.336. The van der Waals surface area contributed by atoms with E-state index in [1.165, 1.54) is 5.56 Å². The van der Waals surface area contributed by atoms with Gasteiger partial charge in [0.2, 0.25) is 11.6 Å². The van der Waals surface area contributed by atoms with Crippen LogP contribution in [0.15, 0.2) is 18.2 Å². The van der Waals surface area contributed by atoms with Gasteiger partial charge in [0.1, 0.15) is 5.54 Å². The molecule has 1 saturated carbocycles. The van der Waals surface area contributed by atoms with Gasteiger partial charge in [-0.25, -0.2) is 0 Å². The van der Waals surface area contributed by atoms with Crippen molar-refractivity contribution in [3.8, 4) is 0 Å². The highest BCUT2D eigenvalue weighted by Crippen LogP contribution is 2.48. The Morgan fingerprint density at radius 1 is 1.16 bits per heavy atom. The van der Waals surface area contributed by atoms with Crippen molar-refractivity contribution in [1.82, 2.24) is 10.2 Å². The molecule has 1 aliphatic carbocycles. The number of carbonyl (C=O) groups excluding carboxylic acids is 2. The zero-order valence-electron chi connectivity index (χ0n) is 15.3. The third kappa shape index (κ3) is 2.11. The van der Waals surface area contributed by atoms with Crippen LogP contribution in [0.4, 0.5) is 5.69 Å². The van der Waals surface area contributed by atoms with Crippen LogP contribution >= 0.6 is 0 Å². The Labute approximate surface area is 149 Å². The minimum Gasteiger partial charge on any atom is -0.322 e. The summed E-state index contributed by atoms with van der Waals surface area (Å²) < 4.78 is 0. The highest BCUT2D eigenvalue weighted by Gasteiger charge is 2.65. The molecule has 2 N–H and O–H groups in total. The van der Waals surface area contributed by atoms with Gasteiger partial charge in [-0.1, -0.05) is 39.2 Å². The lowest BCUT2D eigenvalue weighted by atomic mass is 9.81. The maximum Gasteiger partial charge on any atom is 0.270 e. The fourth-order valence-electron chi connectivity index (χ4n) is 4.81. The first-order valence-electron chi connectivity index (χ1n) is 9.52. The molecule has 1 saturated heterocycles. The molecule has 1 atom stereocenters. The first-order chi connectivity index (χ1) is 11.9. The van der Waals surface area contributed by atoms with Crippen LogP contribution < -0.4 is 10.6 Å². The van der Waals surface area contributed by atoms with E-state index in [0.717, 1.165) is 43.4 Å². The van der Waals surface area contributed by atoms with Crippen molar-refractivity contribution in [1.29, 1.82) is 0 Å². The second-order valence-corrected chi connectivity index (χ2v) is 7.94. The van der Waals surface area contributed by atoms with Gasteiger partial charge in [0.25, 0.3) is 5.91 Å². The van der Waals surface area contributed by atoms with E-state index in [1.54, 1.807) is 4.90 Å². The quantitative estimate of drug-likeness (QED) is 0.869. The largest absolute Gasteiger partial charge is 0.322 e. The van der Waals surface area contributed by atoms with Gasteiger partial charge in [-0.15, -0.1) is 0 Å². The number of rotatable bonds is 2. The summed E-state index contributed by atoms with van der Waals surface area (Å²) in [6.07, 6.45) is 4.86. The predicted molar refractivity (Wildman–Crippen MR) is 97.2 cm³/mol. The van der Waals surface area contributed by atoms with Gasteiger partial charge in [0, 0.05) is 17.8 Å². The molecular weight excluding hydrogens is 314 g/mol. The molecule has 2 amide bonds. The summed E-state index contributed by atoms with van der Waals surface area (Å²) in [4.78, 5) is 28.2. The van der Waals surface area contributed by atoms with Crippen LogP contribution in [0.2, 0.25) is 0 Å². The number of amides is 2. The van der Waals surface area contributed by atoms with Crippen molar-refractivity contribution < 1.29 is 9.59 Å². The van der Waals surface area contributed by atoms with Crippen LogP contribution in [0.1, 0.15) is 69.9 Å². The number of nitrogens with one attached hydrogen (secondary N) is 2. The van der Waals surface area contributed by atoms with E-state index in [-0.39, 0.29) is 11.8 Å². The maximum absolute atomic E-state index is 13.3. The molecule has 5 heteroatoms. The number of hydrogen-bond acceptors (Lipinski definition) is 3. The fraction of sp³-hybridized carbons (Fsp3) is 0.600. The number of anilines is 1. The Morgan fingerprint density at radius 2 is 1.88 bits per heavy atom. The third-order valence-electron chi connectivity index (χ3n) is 6.18. The van der Waals surface area contributed by atoms with Crippen molar-refractivity contribution in [3.63, 3.8) is 0 Å². The third-order valence-corrected chi connectivity index (χ3v) is 6.18. The van der Waals surface area contributed by atoms with Crippen LogP contribution in [0, 0.1) is 0 Å². The Kier molecular flexibility index (Phi) is 3.69. The first kappa shape index (κ1) is 16.6. The average molecular weight is 341 g/mol. The highest BCUT2D eigenvalue weighted by molar-refractivity contribution is 6.10. The average Bonchev–Trinajstić information content (AvgIpc) is 3.01. The van der Waals surface area contributed by atoms with Gasteiger partial charge in [-0.2, -0.15) is 0 Å². The minimum atomic E-state index is -1.05. The van der Waals surface area contributed by atoms with Crippen molar-refractivity contribution in [2.45, 2.75) is 70.0 Å². The molecule has 0 radical (unpaired) electrons. The molecule has 25 heavy (non-hydrogen) atoms.